The molecule has 0 bridgehead atoms. The summed E-state index contributed by atoms with van der Waals surface area (Å²) >= 11 is 0. The fourth-order valence-electron chi connectivity index (χ4n) is 2.56. The maximum atomic E-state index is 11.1. The Kier molecular flexibility index (Phi) is 3.72. The van der Waals surface area contributed by atoms with E-state index in [4.69, 9.17) is 4.74 Å². The monoisotopic (exact) mass is 213 g/mol. The molecule has 1 heterocycles. The van der Waals surface area contributed by atoms with Crippen molar-refractivity contribution in [3.63, 3.8) is 0 Å². The van der Waals surface area contributed by atoms with Gasteiger partial charge in [-0.15, -0.1) is 0 Å². The zero-order chi connectivity index (χ0) is 10.7. The fraction of sp³-hybridized carbons (Fsp3) is 0.909. The first kappa shape index (κ1) is 11.0. The number of ketones is 1. The van der Waals surface area contributed by atoms with Crippen molar-refractivity contribution >= 4 is 5.78 Å². The first-order valence-electron chi connectivity index (χ1n) is 5.77. The van der Waals surface area contributed by atoms with Crippen LogP contribution >= 0.6 is 0 Å². The Bertz CT molecular complexity index is 222. The van der Waals surface area contributed by atoms with Gasteiger partial charge in [0.2, 0.25) is 0 Å². The molecule has 0 aromatic rings. The van der Waals surface area contributed by atoms with Crippen molar-refractivity contribution in [2.24, 2.45) is 0 Å². The molecule has 1 aliphatic heterocycles. The van der Waals surface area contributed by atoms with Crippen LogP contribution < -0.4 is 0 Å². The Balaban J connectivity index is 1.92. The number of ether oxygens (including phenoxy) is 1. The maximum absolute atomic E-state index is 11.1. The third-order valence-electron chi connectivity index (χ3n) is 3.47. The number of carbonyl (C=O) groups excluding carboxylic acids is 1. The number of morpholine rings is 1. The lowest BCUT2D eigenvalue weighted by atomic mass is 9.92. The highest BCUT2D eigenvalue weighted by molar-refractivity contribution is 5.79. The Labute approximate surface area is 90.2 Å². The van der Waals surface area contributed by atoms with Gasteiger partial charge in [-0.25, -0.2) is 0 Å². The van der Waals surface area contributed by atoms with Gasteiger partial charge >= 0.3 is 0 Å². The van der Waals surface area contributed by atoms with E-state index in [0.29, 0.717) is 31.3 Å². The van der Waals surface area contributed by atoms with Crippen molar-refractivity contribution in [3.05, 3.63) is 0 Å². The van der Waals surface area contributed by atoms with Gasteiger partial charge in [-0.05, 0) is 12.8 Å². The molecule has 0 spiro atoms. The molecule has 2 rings (SSSR count). The second-order valence-electron chi connectivity index (χ2n) is 4.42. The van der Waals surface area contributed by atoms with E-state index in [1.807, 2.05) is 0 Å². The van der Waals surface area contributed by atoms with E-state index in [0.717, 1.165) is 26.0 Å². The van der Waals surface area contributed by atoms with Crippen LogP contribution in [-0.4, -0.2) is 54.2 Å². The summed E-state index contributed by atoms with van der Waals surface area (Å²) in [5.41, 5.74) is 0. The first-order chi connectivity index (χ1) is 7.31. The standard InChI is InChI=1S/C11H19NO3/c13-7-10-8-15-6-5-12(10)9-1-3-11(14)4-2-9/h9-10,13H,1-8H2. The van der Waals surface area contributed by atoms with Crippen molar-refractivity contribution < 1.29 is 14.6 Å². The molecule has 0 aromatic heterocycles. The van der Waals surface area contributed by atoms with E-state index in [1.165, 1.54) is 0 Å². The molecule has 2 aliphatic rings. The third-order valence-corrected chi connectivity index (χ3v) is 3.47. The largest absolute Gasteiger partial charge is 0.395 e. The summed E-state index contributed by atoms with van der Waals surface area (Å²) in [5, 5.41) is 9.26. The van der Waals surface area contributed by atoms with Crippen LogP contribution in [0.1, 0.15) is 25.7 Å². The van der Waals surface area contributed by atoms with Gasteiger partial charge in [0.1, 0.15) is 5.78 Å². The summed E-state index contributed by atoms with van der Waals surface area (Å²) in [7, 11) is 0. The second kappa shape index (κ2) is 5.05. The summed E-state index contributed by atoms with van der Waals surface area (Å²) in [6.07, 6.45) is 3.32. The lowest BCUT2D eigenvalue weighted by Gasteiger charge is -2.41. The molecular weight excluding hydrogens is 194 g/mol. The lowest BCUT2D eigenvalue weighted by molar-refractivity contribution is -0.122. The molecule has 1 aliphatic carbocycles. The molecular formula is C11H19NO3. The number of aliphatic hydroxyl groups excluding tert-OH is 1. The van der Waals surface area contributed by atoms with Gasteiger partial charge in [-0.3, -0.25) is 9.69 Å². The first-order valence-corrected chi connectivity index (χ1v) is 5.77. The molecule has 1 saturated heterocycles. The van der Waals surface area contributed by atoms with E-state index in [1.54, 1.807) is 0 Å². The molecule has 2 fully saturated rings. The normalized spacial score (nSPS) is 30.7. The van der Waals surface area contributed by atoms with Crippen LogP contribution in [0.25, 0.3) is 0 Å². The highest BCUT2D eigenvalue weighted by Gasteiger charge is 2.31. The minimum atomic E-state index is 0.136. The van der Waals surface area contributed by atoms with Gasteiger partial charge < -0.3 is 9.84 Å². The number of hydrogen-bond donors (Lipinski definition) is 1. The van der Waals surface area contributed by atoms with E-state index < -0.39 is 0 Å². The minimum absolute atomic E-state index is 0.136. The molecule has 1 saturated carbocycles. The number of hydrogen-bond acceptors (Lipinski definition) is 4. The lowest BCUT2D eigenvalue weighted by Crippen LogP contribution is -2.53. The number of aliphatic hydroxyl groups is 1. The van der Waals surface area contributed by atoms with Crippen LogP contribution in [0.2, 0.25) is 0 Å². The van der Waals surface area contributed by atoms with Crippen LogP contribution in [0, 0.1) is 0 Å². The highest BCUT2D eigenvalue weighted by Crippen LogP contribution is 2.23. The predicted molar refractivity (Wildman–Crippen MR) is 55.7 cm³/mol. The zero-order valence-corrected chi connectivity index (χ0v) is 9.02. The van der Waals surface area contributed by atoms with Gasteiger partial charge in [0.25, 0.3) is 0 Å². The van der Waals surface area contributed by atoms with E-state index >= 15 is 0 Å². The van der Waals surface area contributed by atoms with Crippen molar-refractivity contribution in [3.8, 4) is 0 Å². The average molecular weight is 213 g/mol. The molecule has 86 valence electrons. The molecule has 4 nitrogen and oxygen atoms in total. The second-order valence-corrected chi connectivity index (χ2v) is 4.42. The van der Waals surface area contributed by atoms with Crippen LogP contribution in [-0.2, 0) is 9.53 Å². The minimum Gasteiger partial charge on any atom is -0.395 e. The van der Waals surface area contributed by atoms with Crippen LogP contribution in [0.4, 0.5) is 0 Å². The van der Waals surface area contributed by atoms with Crippen molar-refractivity contribution in [2.45, 2.75) is 37.8 Å². The predicted octanol–water partition coefficient (Wildman–Crippen LogP) is 0.191. The topological polar surface area (TPSA) is 49.8 Å². The molecule has 4 heteroatoms. The molecule has 1 atom stereocenters. The quantitative estimate of drug-likeness (QED) is 0.711. The fourth-order valence-corrected chi connectivity index (χ4v) is 2.56. The average Bonchev–Trinajstić information content (AvgIpc) is 2.30. The summed E-state index contributed by atoms with van der Waals surface area (Å²) < 4.78 is 5.35. The number of carbonyl (C=O) groups is 1. The molecule has 15 heavy (non-hydrogen) atoms. The van der Waals surface area contributed by atoms with Crippen molar-refractivity contribution in [1.82, 2.24) is 4.90 Å². The van der Waals surface area contributed by atoms with Crippen molar-refractivity contribution in [2.75, 3.05) is 26.4 Å². The van der Waals surface area contributed by atoms with Crippen LogP contribution in [0.3, 0.4) is 0 Å². The molecule has 1 unspecified atom stereocenters. The van der Waals surface area contributed by atoms with Gasteiger partial charge in [0.15, 0.2) is 0 Å². The molecule has 0 aromatic carbocycles. The Hall–Kier alpha value is -0.450. The van der Waals surface area contributed by atoms with Gasteiger partial charge in [0, 0.05) is 25.4 Å². The Morgan fingerprint density at radius 1 is 1.40 bits per heavy atom. The van der Waals surface area contributed by atoms with Crippen LogP contribution in [0.5, 0.6) is 0 Å². The van der Waals surface area contributed by atoms with Crippen LogP contribution in [0.15, 0.2) is 0 Å². The number of nitrogens with zero attached hydrogens (tertiary/aromatic N) is 1. The highest BCUT2D eigenvalue weighted by atomic mass is 16.5. The summed E-state index contributed by atoms with van der Waals surface area (Å²) in [6, 6.07) is 0.612. The molecule has 1 N–H and O–H groups in total. The van der Waals surface area contributed by atoms with Gasteiger partial charge in [0.05, 0.1) is 25.9 Å². The maximum Gasteiger partial charge on any atom is 0.133 e. The summed E-state index contributed by atoms with van der Waals surface area (Å²) in [5.74, 6) is 0.389. The SMILES string of the molecule is O=C1CCC(N2CCOCC2CO)CC1. The Morgan fingerprint density at radius 2 is 2.13 bits per heavy atom. The van der Waals surface area contributed by atoms with E-state index in [9.17, 15) is 9.90 Å². The van der Waals surface area contributed by atoms with E-state index in [2.05, 4.69) is 4.90 Å². The molecule has 0 radical (unpaired) electrons. The smallest absolute Gasteiger partial charge is 0.133 e. The molecule has 0 amide bonds. The van der Waals surface area contributed by atoms with Gasteiger partial charge in [-0.2, -0.15) is 0 Å². The summed E-state index contributed by atoms with van der Waals surface area (Å²) in [4.78, 5) is 13.5. The Morgan fingerprint density at radius 3 is 2.80 bits per heavy atom. The third kappa shape index (κ3) is 2.56. The van der Waals surface area contributed by atoms with Crippen molar-refractivity contribution in [1.29, 1.82) is 0 Å². The number of rotatable bonds is 2. The zero-order valence-electron chi connectivity index (χ0n) is 9.02. The summed E-state index contributed by atoms with van der Waals surface area (Å²) in [6.45, 7) is 2.43. The van der Waals surface area contributed by atoms with Gasteiger partial charge in [-0.1, -0.05) is 0 Å². The number of Topliss-reactive ketones (excluding diaryl/α,β-unsaturated/α-hetero) is 1. The van der Waals surface area contributed by atoms with E-state index in [-0.39, 0.29) is 12.6 Å².